The summed E-state index contributed by atoms with van der Waals surface area (Å²) in [6, 6.07) is 6.55. The van der Waals surface area contributed by atoms with Crippen molar-refractivity contribution >= 4 is 41.3 Å². The van der Waals surface area contributed by atoms with E-state index in [2.05, 4.69) is 36.0 Å². The number of hydrogen-bond donors (Lipinski definition) is 1. The molecule has 1 N–H and O–H groups in total. The minimum Gasteiger partial charge on any atom is -0.367 e. The first-order chi connectivity index (χ1) is 13.5. The monoisotopic (exact) mass is 532 g/mol. The van der Waals surface area contributed by atoms with Crippen molar-refractivity contribution in [3.63, 3.8) is 0 Å². The van der Waals surface area contributed by atoms with Crippen molar-refractivity contribution in [1.29, 1.82) is 0 Å². The molecule has 29 heavy (non-hydrogen) atoms. The summed E-state index contributed by atoms with van der Waals surface area (Å²) in [5, 5.41) is 4.63. The Morgan fingerprint density at radius 3 is 2.69 bits per heavy atom. The van der Waals surface area contributed by atoms with Crippen LogP contribution < -0.4 is 5.32 Å². The fourth-order valence-corrected chi connectivity index (χ4v) is 4.54. The molecule has 0 bridgehead atoms. The van der Waals surface area contributed by atoms with Gasteiger partial charge in [-0.1, -0.05) is 19.1 Å². The molecule has 2 unspecified atom stereocenters. The van der Waals surface area contributed by atoms with Crippen LogP contribution in [0.2, 0.25) is 0 Å². The first-order valence-corrected chi connectivity index (χ1v) is 10.6. The highest BCUT2D eigenvalue weighted by Gasteiger charge is 2.28. The lowest BCUT2D eigenvalue weighted by Gasteiger charge is -2.38. The van der Waals surface area contributed by atoms with Crippen LogP contribution in [0.15, 0.2) is 29.3 Å². The van der Waals surface area contributed by atoms with Crippen molar-refractivity contribution < 1.29 is 9.13 Å². The van der Waals surface area contributed by atoms with Gasteiger partial charge in [0.2, 0.25) is 0 Å². The standard InChI is InChI=1S/C21H29FN4OS.HI/c1-5-18-15(3)28-20(25-18)10-11-24-21(23-4)26-12-14(2)27-19(13-26)16-6-8-17(22)9-7-16;/h6-9,14,19H,5,10-13H2,1-4H3,(H,23,24);1H. The van der Waals surface area contributed by atoms with Crippen LogP contribution in [0.5, 0.6) is 0 Å². The normalized spacial score (nSPS) is 19.8. The predicted octanol–water partition coefficient (Wildman–Crippen LogP) is 4.35. The van der Waals surface area contributed by atoms with Crippen LogP contribution in [0.4, 0.5) is 4.39 Å². The first kappa shape index (κ1) is 24.0. The molecule has 160 valence electrons. The SMILES string of the molecule is CCc1nc(CCNC(=NC)N2CC(C)OC(c3ccc(F)cc3)C2)sc1C.I. The van der Waals surface area contributed by atoms with E-state index in [-0.39, 0.29) is 42.0 Å². The molecule has 0 amide bonds. The van der Waals surface area contributed by atoms with Gasteiger partial charge in [-0.25, -0.2) is 9.37 Å². The van der Waals surface area contributed by atoms with Gasteiger partial charge in [-0.3, -0.25) is 4.99 Å². The minimum atomic E-state index is -0.231. The van der Waals surface area contributed by atoms with E-state index in [1.165, 1.54) is 22.7 Å². The quantitative estimate of drug-likeness (QED) is 0.354. The summed E-state index contributed by atoms with van der Waals surface area (Å²) >= 11 is 1.78. The van der Waals surface area contributed by atoms with Crippen LogP contribution in [0.25, 0.3) is 0 Å². The van der Waals surface area contributed by atoms with Gasteiger partial charge in [0.25, 0.3) is 0 Å². The fourth-order valence-electron chi connectivity index (χ4n) is 3.52. The molecule has 1 saturated heterocycles. The molecule has 3 rings (SSSR count). The van der Waals surface area contributed by atoms with Crippen molar-refractivity contribution in [1.82, 2.24) is 15.2 Å². The molecule has 0 aliphatic carbocycles. The third kappa shape index (κ3) is 6.36. The van der Waals surface area contributed by atoms with Crippen molar-refractivity contribution in [3.8, 4) is 0 Å². The maximum atomic E-state index is 13.2. The second-order valence-corrected chi connectivity index (χ2v) is 8.37. The Kier molecular flexibility index (Phi) is 9.29. The molecule has 1 aliphatic heterocycles. The number of aliphatic imine (C=N–C) groups is 1. The summed E-state index contributed by atoms with van der Waals surface area (Å²) in [6.07, 6.45) is 1.83. The van der Waals surface area contributed by atoms with Gasteiger partial charge < -0.3 is 15.0 Å². The summed E-state index contributed by atoms with van der Waals surface area (Å²) in [5.74, 6) is 0.636. The number of ether oxygens (including phenoxy) is 1. The molecular weight excluding hydrogens is 502 g/mol. The molecule has 1 aromatic carbocycles. The lowest BCUT2D eigenvalue weighted by Crippen LogP contribution is -2.51. The topological polar surface area (TPSA) is 49.8 Å². The third-order valence-corrected chi connectivity index (χ3v) is 5.98. The van der Waals surface area contributed by atoms with E-state index in [9.17, 15) is 4.39 Å². The molecule has 8 heteroatoms. The molecule has 1 aliphatic rings. The lowest BCUT2D eigenvalue weighted by molar-refractivity contribution is -0.0604. The molecule has 2 heterocycles. The van der Waals surface area contributed by atoms with Crippen LogP contribution in [0.3, 0.4) is 0 Å². The highest BCUT2D eigenvalue weighted by Crippen LogP contribution is 2.25. The van der Waals surface area contributed by atoms with E-state index in [4.69, 9.17) is 9.72 Å². The first-order valence-electron chi connectivity index (χ1n) is 9.81. The number of aromatic nitrogens is 1. The smallest absolute Gasteiger partial charge is 0.193 e. The van der Waals surface area contributed by atoms with Crippen molar-refractivity contribution in [2.45, 2.75) is 45.8 Å². The van der Waals surface area contributed by atoms with Crippen LogP contribution in [0, 0.1) is 12.7 Å². The number of nitrogens with one attached hydrogen (secondary N) is 1. The number of benzene rings is 1. The van der Waals surface area contributed by atoms with Gasteiger partial charge >= 0.3 is 0 Å². The molecule has 0 radical (unpaired) electrons. The Morgan fingerprint density at radius 2 is 2.07 bits per heavy atom. The average Bonchev–Trinajstić information content (AvgIpc) is 3.05. The Morgan fingerprint density at radius 1 is 1.34 bits per heavy atom. The summed E-state index contributed by atoms with van der Waals surface area (Å²) < 4.78 is 19.3. The number of guanidine groups is 1. The number of hydrogen-bond acceptors (Lipinski definition) is 4. The zero-order chi connectivity index (χ0) is 20.1. The highest BCUT2D eigenvalue weighted by atomic mass is 127. The molecule has 2 atom stereocenters. The van der Waals surface area contributed by atoms with Crippen LogP contribution >= 0.6 is 35.3 Å². The Labute approximate surface area is 193 Å². The maximum absolute atomic E-state index is 13.2. The van der Waals surface area contributed by atoms with E-state index < -0.39 is 0 Å². The highest BCUT2D eigenvalue weighted by molar-refractivity contribution is 14.0. The van der Waals surface area contributed by atoms with Gasteiger partial charge in [0.15, 0.2) is 5.96 Å². The maximum Gasteiger partial charge on any atom is 0.193 e. The van der Waals surface area contributed by atoms with E-state index in [1.54, 1.807) is 30.5 Å². The third-order valence-electron chi connectivity index (χ3n) is 4.91. The van der Waals surface area contributed by atoms with Crippen LogP contribution in [0.1, 0.15) is 41.1 Å². The molecular formula is C21H30FIN4OS. The van der Waals surface area contributed by atoms with Crippen LogP contribution in [-0.2, 0) is 17.6 Å². The van der Waals surface area contributed by atoms with Crippen LogP contribution in [-0.4, -0.2) is 48.6 Å². The van der Waals surface area contributed by atoms with Gasteiger partial charge in [0, 0.05) is 31.4 Å². The van der Waals surface area contributed by atoms with Crippen molar-refractivity contribution in [2.75, 3.05) is 26.7 Å². The van der Waals surface area contributed by atoms with Gasteiger partial charge in [0.05, 0.1) is 23.4 Å². The Balaban J connectivity index is 0.00000300. The molecule has 1 aromatic heterocycles. The van der Waals surface area contributed by atoms with Crippen molar-refractivity contribution in [2.24, 2.45) is 4.99 Å². The fraction of sp³-hybridized carbons (Fsp3) is 0.524. The Bertz CT molecular complexity index is 812. The molecule has 5 nitrogen and oxygen atoms in total. The number of rotatable bonds is 5. The number of thiazole rings is 1. The molecule has 0 spiro atoms. The Hall–Kier alpha value is -1.26. The number of morpholine rings is 1. The second-order valence-electron chi connectivity index (χ2n) is 7.08. The largest absolute Gasteiger partial charge is 0.367 e. The van der Waals surface area contributed by atoms with Crippen molar-refractivity contribution in [3.05, 3.63) is 51.2 Å². The van der Waals surface area contributed by atoms with E-state index >= 15 is 0 Å². The summed E-state index contributed by atoms with van der Waals surface area (Å²) in [5.41, 5.74) is 2.19. The molecule has 0 saturated carbocycles. The molecule has 2 aromatic rings. The zero-order valence-electron chi connectivity index (χ0n) is 17.4. The second kappa shape index (κ2) is 11.2. The van der Waals surface area contributed by atoms with Gasteiger partial charge in [-0.15, -0.1) is 35.3 Å². The number of halogens is 2. The number of aryl methyl sites for hydroxylation is 2. The molecule has 1 fully saturated rings. The van der Waals surface area contributed by atoms with Gasteiger partial charge in [-0.05, 0) is 38.0 Å². The summed E-state index contributed by atoms with van der Waals surface area (Å²) in [7, 11) is 1.80. The minimum absolute atomic E-state index is 0. The van der Waals surface area contributed by atoms with Gasteiger partial charge in [-0.2, -0.15) is 0 Å². The number of nitrogens with zero attached hydrogens (tertiary/aromatic N) is 3. The summed E-state index contributed by atoms with van der Waals surface area (Å²) in [6.45, 7) is 8.58. The predicted molar refractivity (Wildman–Crippen MR) is 128 cm³/mol. The lowest BCUT2D eigenvalue weighted by atomic mass is 10.1. The van der Waals surface area contributed by atoms with E-state index in [1.807, 2.05) is 0 Å². The summed E-state index contributed by atoms with van der Waals surface area (Å²) in [4.78, 5) is 12.7. The van der Waals surface area contributed by atoms with E-state index in [0.717, 1.165) is 42.5 Å². The van der Waals surface area contributed by atoms with Gasteiger partial charge in [0.1, 0.15) is 11.9 Å². The van der Waals surface area contributed by atoms with E-state index in [0.29, 0.717) is 6.54 Å². The zero-order valence-corrected chi connectivity index (χ0v) is 20.6. The average molecular weight is 532 g/mol.